The number of benzene rings is 1. The predicted octanol–water partition coefficient (Wildman–Crippen LogP) is 7.14. The van der Waals surface area contributed by atoms with Crippen LogP contribution in [0.15, 0.2) is 30.3 Å². The first kappa shape index (κ1) is 26.5. The maximum atomic E-state index is 11.9. The standard InChI is InChI=1S/C26H45NO3/c1-3-4-5-6-7-8-9-10-11-12-13-14-18-21-25(28)23(2)27-26(29)30-22-24-19-16-15-17-20-24/h15-17,19-20,23,25,28H,3-14,18,21-22H2,1-2H3,(H,27,29)/t23-,25+/m0/s1. The summed E-state index contributed by atoms with van der Waals surface area (Å²) in [6, 6.07) is 9.29. The Morgan fingerprint density at radius 1 is 0.867 bits per heavy atom. The number of hydrogen-bond donors (Lipinski definition) is 2. The second-order valence-electron chi connectivity index (χ2n) is 8.59. The van der Waals surface area contributed by atoms with E-state index < -0.39 is 12.2 Å². The summed E-state index contributed by atoms with van der Waals surface area (Å²) in [6.45, 7) is 4.34. The highest BCUT2D eigenvalue weighted by Gasteiger charge is 2.16. The van der Waals surface area contributed by atoms with E-state index >= 15 is 0 Å². The molecule has 1 aromatic carbocycles. The summed E-state index contributed by atoms with van der Waals surface area (Å²) in [5.41, 5.74) is 0.952. The SMILES string of the molecule is CCCCCCCCCCCCCCC[C@@H](O)[C@H](C)NC(=O)OCc1ccccc1. The minimum absolute atomic E-state index is 0.244. The fraction of sp³-hybridized carbons (Fsp3) is 0.731. The van der Waals surface area contributed by atoms with Crippen LogP contribution < -0.4 is 5.32 Å². The molecule has 0 aromatic heterocycles. The van der Waals surface area contributed by atoms with Gasteiger partial charge in [-0.1, -0.05) is 121 Å². The molecule has 0 unspecified atom stereocenters. The lowest BCUT2D eigenvalue weighted by Crippen LogP contribution is -2.41. The van der Waals surface area contributed by atoms with E-state index in [4.69, 9.17) is 4.74 Å². The van der Waals surface area contributed by atoms with E-state index in [1.165, 1.54) is 70.6 Å². The van der Waals surface area contributed by atoms with Crippen LogP contribution in [0.1, 0.15) is 109 Å². The van der Waals surface area contributed by atoms with Gasteiger partial charge < -0.3 is 15.2 Å². The molecular weight excluding hydrogens is 374 g/mol. The highest BCUT2D eigenvalue weighted by molar-refractivity contribution is 5.67. The number of aliphatic hydroxyl groups is 1. The van der Waals surface area contributed by atoms with Crippen molar-refractivity contribution in [1.82, 2.24) is 5.32 Å². The molecule has 0 spiro atoms. The van der Waals surface area contributed by atoms with Gasteiger partial charge in [-0.2, -0.15) is 0 Å². The third-order valence-corrected chi connectivity index (χ3v) is 5.74. The van der Waals surface area contributed by atoms with Crippen molar-refractivity contribution in [1.29, 1.82) is 0 Å². The van der Waals surface area contributed by atoms with Crippen molar-refractivity contribution in [2.45, 2.75) is 122 Å². The van der Waals surface area contributed by atoms with Gasteiger partial charge in [0, 0.05) is 0 Å². The third-order valence-electron chi connectivity index (χ3n) is 5.74. The highest BCUT2D eigenvalue weighted by atomic mass is 16.5. The number of ether oxygens (including phenoxy) is 1. The molecule has 0 aliphatic rings. The second kappa shape index (κ2) is 18.2. The molecule has 172 valence electrons. The maximum absolute atomic E-state index is 11.9. The molecule has 0 aliphatic carbocycles. The first-order chi connectivity index (χ1) is 14.6. The molecule has 30 heavy (non-hydrogen) atoms. The van der Waals surface area contributed by atoms with E-state index in [0.717, 1.165) is 24.8 Å². The van der Waals surface area contributed by atoms with Crippen LogP contribution >= 0.6 is 0 Å². The summed E-state index contributed by atoms with van der Waals surface area (Å²) in [6.07, 6.45) is 16.8. The number of hydrogen-bond acceptors (Lipinski definition) is 3. The predicted molar refractivity (Wildman–Crippen MR) is 126 cm³/mol. The Hall–Kier alpha value is -1.55. The number of nitrogens with one attached hydrogen (secondary N) is 1. The van der Waals surface area contributed by atoms with Crippen LogP contribution in [-0.4, -0.2) is 23.3 Å². The molecule has 1 rings (SSSR count). The number of amides is 1. The van der Waals surface area contributed by atoms with Crippen LogP contribution in [0.25, 0.3) is 0 Å². The Morgan fingerprint density at radius 2 is 1.37 bits per heavy atom. The smallest absolute Gasteiger partial charge is 0.407 e. The van der Waals surface area contributed by atoms with Gasteiger partial charge >= 0.3 is 6.09 Å². The lowest BCUT2D eigenvalue weighted by atomic mass is 10.0. The molecule has 0 aliphatic heterocycles. The lowest BCUT2D eigenvalue weighted by molar-refractivity contribution is 0.1000. The van der Waals surface area contributed by atoms with Crippen molar-refractivity contribution in [3.05, 3.63) is 35.9 Å². The Balaban J connectivity index is 1.93. The van der Waals surface area contributed by atoms with E-state index in [-0.39, 0.29) is 12.6 Å². The van der Waals surface area contributed by atoms with Gasteiger partial charge in [-0.05, 0) is 18.9 Å². The van der Waals surface area contributed by atoms with Crippen molar-refractivity contribution in [3.63, 3.8) is 0 Å². The molecule has 2 atom stereocenters. The summed E-state index contributed by atoms with van der Waals surface area (Å²) < 4.78 is 5.21. The summed E-state index contributed by atoms with van der Waals surface area (Å²) in [5, 5.41) is 13.0. The molecule has 0 fully saturated rings. The quantitative estimate of drug-likeness (QED) is 0.248. The largest absolute Gasteiger partial charge is 0.445 e. The van der Waals surface area contributed by atoms with Crippen LogP contribution in [0.4, 0.5) is 4.79 Å². The molecule has 0 saturated heterocycles. The fourth-order valence-electron chi connectivity index (χ4n) is 3.67. The average Bonchev–Trinajstić information content (AvgIpc) is 2.76. The molecule has 1 aromatic rings. The van der Waals surface area contributed by atoms with Crippen LogP contribution in [0.5, 0.6) is 0 Å². The van der Waals surface area contributed by atoms with Gasteiger partial charge in [0.25, 0.3) is 0 Å². The van der Waals surface area contributed by atoms with E-state index in [0.29, 0.717) is 0 Å². The number of aliphatic hydroxyl groups excluding tert-OH is 1. The molecule has 4 heteroatoms. The molecule has 0 heterocycles. The number of carbonyl (C=O) groups is 1. The first-order valence-corrected chi connectivity index (χ1v) is 12.3. The van der Waals surface area contributed by atoms with Gasteiger partial charge in [-0.25, -0.2) is 4.79 Å². The number of unbranched alkanes of at least 4 members (excludes halogenated alkanes) is 12. The van der Waals surface area contributed by atoms with Gasteiger partial charge in [-0.15, -0.1) is 0 Å². The van der Waals surface area contributed by atoms with Crippen molar-refractivity contribution >= 4 is 6.09 Å². The van der Waals surface area contributed by atoms with E-state index in [1.54, 1.807) is 0 Å². The number of carbonyl (C=O) groups excluding carboxylic acids is 1. The maximum Gasteiger partial charge on any atom is 0.407 e. The van der Waals surface area contributed by atoms with Gasteiger partial charge in [0.2, 0.25) is 0 Å². The van der Waals surface area contributed by atoms with Crippen molar-refractivity contribution in [2.24, 2.45) is 0 Å². The number of alkyl carbamates (subject to hydrolysis) is 1. The molecule has 2 N–H and O–H groups in total. The molecule has 0 radical (unpaired) electrons. The van der Waals surface area contributed by atoms with Crippen LogP contribution in [-0.2, 0) is 11.3 Å². The minimum atomic E-state index is -0.526. The minimum Gasteiger partial charge on any atom is -0.445 e. The summed E-state index contributed by atoms with van der Waals surface area (Å²) in [5.74, 6) is 0. The first-order valence-electron chi connectivity index (χ1n) is 12.3. The van der Waals surface area contributed by atoms with E-state index in [9.17, 15) is 9.90 Å². The van der Waals surface area contributed by atoms with Gasteiger partial charge in [-0.3, -0.25) is 0 Å². The van der Waals surface area contributed by atoms with E-state index in [1.807, 2.05) is 37.3 Å². The average molecular weight is 420 g/mol. The van der Waals surface area contributed by atoms with Crippen LogP contribution in [0.2, 0.25) is 0 Å². The van der Waals surface area contributed by atoms with E-state index in [2.05, 4.69) is 12.2 Å². The zero-order valence-electron chi connectivity index (χ0n) is 19.4. The Morgan fingerprint density at radius 3 is 1.90 bits per heavy atom. The van der Waals surface area contributed by atoms with Gasteiger partial charge in [0.15, 0.2) is 0 Å². The zero-order valence-corrected chi connectivity index (χ0v) is 19.4. The van der Waals surface area contributed by atoms with Gasteiger partial charge in [0.05, 0.1) is 12.1 Å². The second-order valence-corrected chi connectivity index (χ2v) is 8.59. The molecular formula is C26H45NO3. The number of rotatable bonds is 18. The van der Waals surface area contributed by atoms with Crippen molar-refractivity contribution in [2.75, 3.05) is 0 Å². The molecule has 1 amide bonds. The van der Waals surface area contributed by atoms with Crippen LogP contribution in [0, 0.1) is 0 Å². The summed E-state index contributed by atoms with van der Waals surface area (Å²) in [7, 11) is 0. The van der Waals surface area contributed by atoms with Crippen LogP contribution in [0.3, 0.4) is 0 Å². The zero-order chi connectivity index (χ0) is 21.9. The van der Waals surface area contributed by atoms with Gasteiger partial charge in [0.1, 0.15) is 6.61 Å². The molecule has 0 bridgehead atoms. The molecule has 4 nitrogen and oxygen atoms in total. The normalized spacial score (nSPS) is 13.0. The van der Waals surface area contributed by atoms with Crippen molar-refractivity contribution < 1.29 is 14.6 Å². The highest BCUT2D eigenvalue weighted by Crippen LogP contribution is 2.14. The fourth-order valence-corrected chi connectivity index (χ4v) is 3.67. The van der Waals surface area contributed by atoms with Crippen molar-refractivity contribution in [3.8, 4) is 0 Å². The third kappa shape index (κ3) is 14.4. The summed E-state index contributed by atoms with van der Waals surface area (Å²) >= 11 is 0. The monoisotopic (exact) mass is 419 g/mol. The topological polar surface area (TPSA) is 58.6 Å². The Labute approximate surface area is 184 Å². The molecule has 0 saturated carbocycles. The Kier molecular flexibility index (Phi) is 16.1. The summed E-state index contributed by atoms with van der Waals surface area (Å²) in [4.78, 5) is 11.9. The Bertz CT molecular complexity index is 520. The lowest BCUT2D eigenvalue weighted by Gasteiger charge is -2.20.